The Kier molecular flexibility index (Phi) is 3.88. The summed E-state index contributed by atoms with van der Waals surface area (Å²) in [5, 5.41) is 3.32. The van der Waals surface area contributed by atoms with Gasteiger partial charge in [-0.1, -0.05) is 13.8 Å². The molecule has 0 aliphatic carbocycles. The predicted octanol–water partition coefficient (Wildman–Crippen LogP) is 2.07. The van der Waals surface area contributed by atoms with Crippen LogP contribution >= 0.6 is 0 Å². The zero-order chi connectivity index (χ0) is 8.81. The van der Waals surface area contributed by atoms with Crippen LogP contribution in [0.2, 0.25) is 0 Å². The highest BCUT2D eigenvalue weighted by Crippen LogP contribution is 2.07. The van der Waals surface area contributed by atoms with E-state index in [1.807, 2.05) is 12.1 Å². The van der Waals surface area contributed by atoms with E-state index < -0.39 is 0 Å². The first-order chi connectivity index (χ1) is 5.83. The fourth-order valence-electron chi connectivity index (χ4n) is 1.24. The molecule has 0 spiro atoms. The molecule has 1 aromatic heterocycles. The molecule has 1 heterocycles. The molecule has 0 bridgehead atoms. The Hall–Kier alpha value is -0.760. The number of hydrogen-bond donors (Lipinski definition) is 1. The maximum absolute atomic E-state index is 5.26. The molecule has 1 N–H and O–H groups in total. The van der Waals surface area contributed by atoms with E-state index >= 15 is 0 Å². The van der Waals surface area contributed by atoms with E-state index in [0.29, 0.717) is 5.92 Å². The van der Waals surface area contributed by atoms with Gasteiger partial charge in [-0.25, -0.2) is 0 Å². The molecule has 0 aliphatic heterocycles. The van der Waals surface area contributed by atoms with Gasteiger partial charge in [-0.15, -0.1) is 0 Å². The quantitative estimate of drug-likeness (QED) is 0.726. The van der Waals surface area contributed by atoms with E-state index in [4.69, 9.17) is 4.42 Å². The van der Waals surface area contributed by atoms with Crippen molar-refractivity contribution in [2.75, 3.05) is 13.1 Å². The Bertz CT molecular complexity index is 194. The molecule has 0 aromatic carbocycles. The summed E-state index contributed by atoms with van der Waals surface area (Å²) in [6.45, 7) is 6.46. The van der Waals surface area contributed by atoms with E-state index in [0.717, 1.165) is 25.3 Å². The zero-order valence-electron chi connectivity index (χ0n) is 7.84. The second-order valence-corrected chi connectivity index (χ2v) is 3.20. The molecule has 2 heteroatoms. The van der Waals surface area contributed by atoms with E-state index in [2.05, 4.69) is 19.2 Å². The molecule has 68 valence electrons. The van der Waals surface area contributed by atoms with Crippen molar-refractivity contribution in [3.63, 3.8) is 0 Å². The fraction of sp³-hybridized carbons (Fsp3) is 0.600. The second kappa shape index (κ2) is 4.99. The Labute approximate surface area is 74.0 Å². The predicted molar refractivity (Wildman–Crippen MR) is 50.1 cm³/mol. The lowest BCUT2D eigenvalue weighted by Gasteiger charge is -2.09. The molecule has 2 nitrogen and oxygen atoms in total. The molecular formula is C10H17NO. The number of hydrogen-bond acceptors (Lipinski definition) is 2. The Morgan fingerprint density at radius 1 is 1.58 bits per heavy atom. The van der Waals surface area contributed by atoms with Crippen molar-refractivity contribution in [2.45, 2.75) is 20.3 Å². The lowest BCUT2D eigenvalue weighted by atomic mass is 10.1. The van der Waals surface area contributed by atoms with Gasteiger partial charge in [-0.3, -0.25) is 0 Å². The Morgan fingerprint density at radius 3 is 3.00 bits per heavy atom. The van der Waals surface area contributed by atoms with E-state index in [1.165, 1.54) is 0 Å². The molecule has 1 rings (SSSR count). The third-order valence-electron chi connectivity index (χ3n) is 1.87. The summed E-state index contributed by atoms with van der Waals surface area (Å²) >= 11 is 0. The van der Waals surface area contributed by atoms with Gasteiger partial charge in [-0.05, 0) is 31.1 Å². The summed E-state index contributed by atoms with van der Waals surface area (Å²) in [6, 6.07) is 3.97. The molecule has 0 aliphatic rings. The minimum absolute atomic E-state index is 0.649. The van der Waals surface area contributed by atoms with Gasteiger partial charge in [0, 0.05) is 6.42 Å². The van der Waals surface area contributed by atoms with Crippen molar-refractivity contribution in [3.05, 3.63) is 24.2 Å². The minimum atomic E-state index is 0.649. The van der Waals surface area contributed by atoms with Crippen molar-refractivity contribution < 1.29 is 4.42 Å². The highest BCUT2D eigenvalue weighted by molar-refractivity contribution is 4.98. The SMILES string of the molecule is CCNCC(C)Cc1ccco1. The smallest absolute Gasteiger partial charge is 0.104 e. The topological polar surface area (TPSA) is 25.2 Å². The highest BCUT2D eigenvalue weighted by atomic mass is 16.3. The fourth-order valence-corrected chi connectivity index (χ4v) is 1.24. The van der Waals surface area contributed by atoms with Crippen LogP contribution in [0.1, 0.15) is 19.6 Å². The minimum Gasteiger partial charge on any atom is -0.469 e. The van der Waals surface area contributed by atoms with Crippen molar-refractivity contribution in [2.24, 2.45) is 5.92 Å². The molecule has 0 saturated carbocycles. The summed E-state index contributed by atoms with van der Waals surface area (Å²) in [7, 11) is 0. The average molecular weight is 167 g/mol. The van der Waals surface area contributed by atoms with Crippen molar-refractivity contribution in [1.82, 2.24) is 5.32 Å². The highest BCUT2D eigenvalue weighted by Gasteiger charge is 2.03. The normalized spacial score (nSPS) is 13.2. The van der Waals surface area contributed by atoms with Crippen LogP contribution in [-0.2, 0) is 6.42 Å². The molecule has 0 saturated heterocycles. The van der Waals surface area contributed by atoms with E-state index in [-0.39, 0.29) is 0 Å². The lowest BCUT2D eigenvalue weighted by Crippen LogP contribution is -2.21. The molecule has 1 unspecified atom stereocenters. The van der Waals surface area contributed by atoms with Crippen LogP contribution in [0.5, 0.6) is 0 Å². The first kappa shape index (κ1) is 9.33. The summed E-state index contributed by atoms with van der Waals surface area (Å²) in [6.07, 6.45) is 2.76. The summed E-state index contributed by atoms with van der Waals surface area (Å²) < 4.78 is 5.26. The van der Waals surface area contributed by atoms with Crippen LogP contribution in [0.3, 0.4) is 0 Å². The third-order valence-corrected chi connectivity index (χ3v) is 1.87. The van der Waals surface area contributed by atoms with Gasteiger partial charge >= 0.3 is 0 Å². The van der Waals surface area contributed by atoms with Gasteiger partial charge in [0.05, 0.1) is 6.26 Å². The molecule has 12 heavy (non-hydrogen) atoms. The molecule has 1 aromatic rings. The van der Waals surface area contributed by atoms with Crippen LogP contribution in [0.15, 0.2) is 22.8 Å². The number of nitrogens with one attached hydrogen (secondary N) is 1. The van der Waals surface area contributed by atoms with Crippen LogP contribution in [0.25, 0.3) is 0 Å². The van der Waals surface area contributed by atoms with Gasteiger partial charge in [-0.2, -0.15) is 0 Å². The van der Waals surface area contributed by atoms with Crippen LogP contribution in [-0.4, -0.2) is 13.1 Å². The van der Waals surface area contributed by atoms with E-state index in [1.54, 1.807) is 6.26 Å². The molecule has 0 fully saturated rings. The monoisotopic (exact) mass is 167 g/mol. The summed E-state index contributed by atoms with van der Waals surface area (Å²) in [5.41, 5.74) is 0. The lowest BCUT2D eigenvalue weighted by molar-refractivity contribution is 0.441. The maximum Gasteiger partial charge on any atom is 0.104 e. The maximum atomic E-state index is 5.26. The van der Waals surface area contributed by atoms with E-state index in [9.17, 15) is 0 Å². The van der Waals surface area contributed by atoms with Gasteiger partial charge in [0.25, 0.3) is 0 Å². The first-order valence-electron chi connectivity index (χ1n) is 4.56. The van der Waals surface area contributed by atoms with Crippen molar-refractivity contribution in [1.29, 1.82) is 0 Å². The van der Waals surface area contributed by atoms with Crippen molar-refractivity contribution >= 4 is 0 Å². The molecular weight excluding hydrogens is 150 g/mol. The van der Waals surface area contributed by atoms with Crippen molar-refractivity contribution in [3.8, 4) is 0 Å². The Morgan fingerprint density at radius 2 is 2.42 bits per heavy atom. The standard InChI is InChI=1S/C10H17NO/c1-3-11-8-9(2)7-10-5-4-6-12-10/h4-6,9,11H,3,7-8H2,1-2H3. The van der Waals surface area contributed by atoms with Gasteiger partial charge in [0.2, 0.25) is 0 Å². The second-order valence-electron chi connectivity index (χ2n) is 3.20. The van der Waals surface area contributed by atoms with Gasteiger partial charge in [0.15, 0.2) is 0 Å². The Balaban J connectivity index is 2.22. The largest absolute Gasteiger partial charge is 0.469 e. The zero-order valence-corrected chi connectivity index (χ0v) is 7.84. The van der Waals surface area contributed by atoms with Gasteiger partial charge < -0.3 is 9.73 Å². The number of furan rings is 1. The summed E-state index contributed by atoms with van der Waals surface area (Å²) in [5.74, 6) is 1.73. The van der Waals surface area contributed by atoms with Crippen LogP contribution < -0.4 is 5.32 Å². The molecule has 1 atom stereocenters. The summed E-state index contributed by atoms with van der Waals surface area (Å²) in [4.78, 5) is 0. The molecule has 0 radical (unpaired) electrons. The average Bonchev–Trinajstić information content (AvgIpc) is 2.53. The van der Waals surface area contributed by atoms with Crippen LogP contribution in [0.4, 0.5) is 0 Å². The number of rotatable bonds is 5. The molecule has 0 amide bonds. The first-order valence-corrected chi connectivity index (χ1v) is 4.56. The van der Waals surface area contributed by atoms with Gasteiger partial charge in [0.1, 0.15) is 5.76 Å². The third kappa shape index (κ3) is 3.09. The van der Waals surface area contributed by atoms with Crippen LogP contribution in [0, 0.1) is 5.92 Å².